The first-order valence-electron chi connectivity index (χ1n) is 10.5. The zero-order valence-corrected chi connectivity index (χ0v) is 18.3. The molecule has 0 spiro atoms. The lowest BCUT2D eigenvalue weighted by Gasteiger charge is -2.22. The second-order valence-corrected chi connectivity index (χ2v) is 7.97. The number of carbonyl (C=O) groups excluding carboxylic acids is 1. The lowest BCUT2D eigenvalue weighted by atomic mass is 10.0. The van der Waals surface area contributed by atoms with Crippen LogP contribution in [0.5, 0.6) is 0 Å². The molecule has 0 aliphatic rings. The normalized spacial score (nSPS) is 12.2. The van der Waals surface area contributed by atoms with Crippen molar-refractivity contribution in [2.45, 2.75) is 59.8 Å². The van der Waals surface area contributed by atoms with Gasteiger partial charge < -0.3 is 9.73 Å². The fourth-order valence-corrected chi connectivity index (χ4v) is 3.35. The average molecular weight is 406 g/mol. The fraction of sp³-hybridized carbons (Fsp3) is 0.360. The van der Waals surface area contributed by atoms with Crippen LogP contribution in [0.15, 0.2) is 59.2 Å². The number of nitrogens with zero attached hydrogens (tertiary/aromatic N) is 2. The van der Waals surface area contributed by atoms with Crippen LogP contribution in [-0.4, -0.2) is 21.8 Å². The molecule has 1 amide bonds. The van der Waals surface area contributed by atoms with E-state index >= 15 is 0 Å². The van der Waals surface area contributed by atoms with Gasteiger partial charge in [0.05, 0.1) is 6.54 Å². The summed E-state index contributed by atoms with van der Waals surface area (Å²) in [5.74, 6) is 0.355. The molecule has 3 rings (SSSR count). The molecule has 1 unspecified atom stereocenters. The number of benzene rings is 2. The van der Waals surface area contributed by atoms with Gasteiger partial charge in [0.1, 0.15) is 6.26 Å². The maximum Gasteiger partial charge on any atom is 0.273 e. The van der Waals surface area contributed by atoms with Gasteiger partial charge in [-0.15, -0.1) is 0 Å². The first kappa shape index (κ1) is 21.8. The molecule has 30 heavy (non-hydrogen) atoms. The second kappa shape index (κ2) is 10.2. The van der Waals surface area contributed by atoms with Gasteiger partial charge in [0.25, 0.3) is 5.91 Å². The minimum Gasteiger partial charge on any atom is -0.447 e. The van der Waals surface area contributed by atoms with Crippen LogP contribution in [0.1, 0.15) is 58.9 Å². The number of aromatic nitrogens is 1. The highest BCUT2D eigenvalue weighted by Crippen LogP contribution is 2.18. The van der Waals surface area contributed by atoms with Crippen molar-refractivity contribution in [1.82, 2.24) is 15.2 Å². The van der Waals surface area contributed by atoms with E-state index in [2.05, 4.69) is 59.4 Å². The predicted octanol–water partition coefficient (Wildman–Crippen LogP) is 5.02. The summed E-state index contributed by atoms with van der Waals surface area (Å²) < 4.78 is 5.64. The van der Waals surface area contributed by atoms with E-state index in [0.29, 0.717) is 18.1 Å². The lowest BCUT2D eigenvalue weighted by Crippen LogP contribution is -2.32. The van der Waals surface area contributed by atoms with Crippen LogP contribution < -0.4 is 5.32 Å². The molecular weight excluding hydrogens is 374 g/mol. The summed E-state index contributed by atoms with van der Waals surface area (Å²) in [4.78, 5) is 19.0. The number of amides is 1. The standard InChI is InChI=1S/C25H31N3O2/c1-5-20(4)26-25(29)23-17-30-24(27-23)16-28(14-21-9-7-6-8-10-21)15-22-12-11-18(2)13-19(22)3/h6-13,17,20H,5,14-16H2,1-4H3,(H,26,29). The molecule has 0 aliphatic carbocycles. The smallest absolute Gasteiger partial charge is 0.273 e. The third kappa shape index (κ3) is 6.04. The van der Waals surface area contributed by atoms with Crippen molar-refractivity contribution in [2.75, 3.05) is 0 Å². The summed E-state index contributed by atoms with van der Waals surface area (Å²) in [6.45, 7) is 10.3. The Hall–Kier alpha value is -2.92. The van der Waals surface area contributed by atoms with Crippen LogP contribution in [0.25, 0.3) is 0 Å². The number of hydrogen-bond acceptors (Lipinski definition) is 4. The van der Waals surface area contributed by atoms with Gasteiger partial charge in [0.15, 0.2) is 5.69 Å². The van der Waals surface area contributed by atoms with Gasteiger partial charge in [-0.1, -0.05) is 61.0 Å². The minimum absolute atomic E-state index is 0.108. The number of aryl methyl sites for hydroxylation is 2. The summed E-state index contributed by atoms with van der Waals surface area (Å²) in [5, 5.41) is 2.93. The molecule has 1 atom stereocenters. The van der Waals surface area contributed by atoms with Gasteiger partial charge in [-0.2, -0.15) is 0 Å². The number of nitrogens with one attached hydrogen (secondary N) is 1. The second-order valence-electron chi connectivity index (χ2n) is 7.97. The van der Waals surface area contributed by atoms with Crippen LogP contribution in [0.2, 0.25) is 0 Å². The monoisotopic (exact) mass is 405 g/mol. The van der Waals surface area contributed by atoms with E-state index in [0.717, 1.165) is 19.5 Å². The van der Waals surface area contributed by atoms with Crippen molar-refractivity contribution in [2.24, 2.45) is 0 Å². The maximum atomic E-state index is 12.3. The number of carbonyl (C=O) groups is 1. The molecule has 1 aromatic heterocycles. The predicted molar refractivity (Wildman–Crippen MR) is 119 cm³/mol. The Morgan fingerprint density at radius 1 is 1.10 bits per heavy atom. The molecule has 2 aromatic carbocycles. The Morgan fingerprint density at radius 2 is 1.87 bits per heavy atom. The zero-order chi connectivity index (χ0) is 21.5. The minimum atomic E-state index is -0.191. The maximum absolute atomic E-state index is 12.3. The molecule has 0 fully saturated rings. The van der Waals surface area contributed by atoms with Crippen LogP contribution in [0, 0.1) is 13.8 Å². The molecule has 0 saturated carbocycles. The van der Waals surface area contributed by atoms with Crippen molar-refractivity contribution in [3.63, 3.8) is 0 Å². The molecule has 5 heteroatoms. The zero-order valence-electron chi connectivity index (χ0n) is 18.3. The van der Waals surface area contributed by atoms with Crippen molar-refractivity contribution in [3.05, 3.63) is 88.6 Å². The van der Waals surface area contributed by atoms with Crippen molar-refractivity contribution < 1.29 is 9.21 Å². The largest absolute Gasteiger partial charge is 0.447 e. The van der Waals surface area contributed by atoms with Gasteiger partial charge in [-0.25, -0.2) is 4.98 Å². The molecule has 5 nitrogen and oxygen atoms in total. The Labute approximate surface area is 179 Å². The molecular formula is C25H31N3O2. The topological polar surface area (TPSA) is 58.4 Å². The van der Waals surface area contributed by atoms with E-state index in [1.165, 1.54) is 28.5 Å². The molecule has 0 saturated heterocycles. The first-order chi connectivity index (χ1) is 14.4. The molecule has 1 heterocycles. The van der Waals surface area contributed by atoms with Crippen molar-refractivity contribution in [3.8, 4) is 0 Å². The van der Waals surface area contributed by atoms with Crippen LogP contribution in [0.3, 0.4) is 0 Å². The SMILES string of the molecule is CCC(C)NC(=O)c1coc(CN(Cc2ccccc2)Cc2ccc(C)cc2C)n1. The summed E-state index contributed by atoms with van der Waals surface area (Å²) in [7, 11) is 0. The lowest BCUT2D eigenvalue weighted by molar-refractivity contribution is 0.0934. The highest BCUT2D eigenvalue weighted by molar-refractivity contribution is 5.92. The molecule has 3 aromatic rings. The Balaban J connectivity index is 1.76. The highest BCUT2D eigenvalue weighted by Gasteiger charge is 2.17. The first-order valence-corrected chi connectivity index (χ1v) is 10.5. The van der Waals surface area contributed by atoms with Gasteiger partial charge in [-0.3, -0.25) is 9.69 Å². The van der Waals surface area contributed by atoms with E-state index in [4.69, 9.17) is 4.42 Å². The summed E-state index contributed by atoms with van der Waals surface area (Å²) >= 11 is 0. The Morgan fingerprint density at radius 3 is 2.57 bits per heavy atom. The molecule has 0 bridgehead atoms. The van der Waals surface area contributed by atoms with E-state index in [1.807, 2.05) is 32.0 Å². The summed E-state index contributed by atoms with van der Waals surface area (Å²) in [5.41, 5.74) is 5.36. The highest BCUT2D eigenvalue weighted by atomic mass is 16.3. The van der Waals surface area contributed by atoms with Gasteiger partial charge in [-0.05, 0) is 43.9 Å². The molecule has 158 valence electrons. The third-order valence-electron chi connectivity index (χ3n) is 5.27. The third-order valence-corrected chi connectivity index (χ3v) is 5.27. The summed E-state index contributed by atoms with van der Waals surface area (Å²) in [6.07, 6.45) is 2.32. The number of oxazole rings is 1. The van der Waals surface area contributed by atoms with E-state index < -0.39 is 0 Å². The van der Waals surface area contributed by atoms with Crippen LogP contribution >= 0.6 is 0 Å². The Bertz CT molecular complexity index is 966. The number of rotatable bonds is 9. The van der Waals surface area contributed by atoms with E-state index in [-0.39, 0.29) is 11.9 Å². The fourth-order valence-electron chi connectivity index (χ4n) is 3.35. The average Bonchev–Trinajstić information content (AvgIpc) is 3.19. The van der Waals surface area contributed by atoms with E-state index in [9.17, 15) is 4.79 Å². The van der Waals surface area contributed by atoms with Crippen molar-refractivity contribution >= 4 is 5.91 Å². The molecule has 0 radical (unpaired) electrons. The molecule has 1 N–H and O–H groups in total. The Kier molecular flexibility index (Phi) is 7.41. The number of hydrogen-bond donors (Lipinski definition) is 1. The van der Waals surface area contributed by atoms with Crippen molar-refractivity contribution in [1.29, 1.82) is 0 Å². The van der Waals surface area contributed by atoms with Gasteiger partial charge in [0.2, 0.25) is 5.89 Å². The van der Waals surface area contributed by atoms with Gasteiger partial charge >= 0.3 is 0 Å². The van der Waals surface area contributed by atoms with Crippen LogP contribution in [-0.2, 0) is 19.6 Å². The van der Waals surface area contributed by atoms with Gasteiger partial charge in [0, 0.05) is 19.1 Å². The summed E-state index contributed by atoms with van der Waals surface area (Å²) in [6, 6.07) is 17.0. The quantitative estimate of drug-likeness (QED) is 0.543. The molecule has 0 aliphatic heterocycles. The van der Waals surface area contributed by atoms with E-state index in [1.54, 1.807) is 0 Å². The van der Waals surface area contributed by atoms with Crippen LogP contribution in [0.4, 0.5) is 0 Å².